The molecule has 0 aliphatic carbocycles. The van der Waals surface area contributed by atoms with Gasteiger partial charge in [-0.25, -0.2) is 14.3 Å². The van der Waals surface area contributed by atoms with Crippen LogP contribution >= 0.6 is 0 Å². The van der Waals surface area contributed by atoms with Gasteiger partial charge in [0, 0.05) is 30.9 Å². The Balaban J connectivity index is 2.18. The van der Waals surface area contributed by atoms with Crippen LogP contribution in [0.15, 0.2) is 36.7 Å². The van der Waals surface area contributed by atoms with Gasteiger partial charge in [-0.3, -0.25) is 4.79 Å². The summed E-state index contributed by atoms with van der Waals surface area (Å²) in [6, 6.07) is 9.24. The van der Waals surface area contributed by atoms with Gasteiger partial charge in [-0.15, -0.1) is 0 Å². The SMILES string of the molecule is CCOC(=O)c1cnc2c(C#N)cnn2c1-c1ccc(N(CC)C(C)=O)cc1. The van der Waals surface area contributed by atoms with E-state index in [1.54, 1.807) is 36.1 Å². The van der Waals surface area contributed by atoms with E-state index in [0.29, 0.717) is 29.0 Å². The molecule has 8 nitrogen and oxygen atoms in total. The van der Waals surface area contributed by atoms with Crippen molar-refractivity contribution in [3.63, 3.8) is 0 Å². The number of nitriles is 1. The molecule has 0 spiro atoms. The summed E-state index contributed by atoms with van der Waals surface area (Å²) < 4.78 is 6.61. The van der Waals surface area contributed by atoms with Crippen molar-refractivity contribution in [2.45, 2.75) is 20.8 Å². The molecular weight excluding hydrogens is 358 g/mol. The number of esters is 1. The number of carbonyl (C=O) groups is 2. The minimum Gasteiger partial charge on any atom is -0.462 e. The monoisotopic (exact) mass is 377 g/mol. The predicted octanol–water partition coefficient (Wildman–Crippen LogP) is 2.82. The number of nitrogens with zero attached hydrogens (tertiary/aromatic N) is 5. The molecule has 1 aromatic carbocycles. The van der Waals surface area contributed by atoms with Crippen molar-refractivity contribution in [1.82, 2.24) is 14.6 Å². The molecule has 1 amide bonds. The number of fused-ring (bicyclic) bond motifs is 1. The Morgan fingerprint density at radius 2 is 1.93 bits per heavy atom. The lowest BCUT2D eigenvalue weighted by Gasteiger charge is -2.19. The van der Waals surface area contributed by atoms with Gasteiger partial charge in [0.05, 0.1) is 18.5 Å². The average Bonchev–Trinajstić information content (AvgIpc) is 3.11. The summed E-state index contributed by atoms with van der Waals surface area (Å²) in [5, 5.41) is 13.5. The normalized spacial score (nSPS) is 10.5. The minimum absolute atomic E-state index is 0.0560. The molecule has 0 N–H and O–H groups in total. The maximum atomic E-state index is 12.4. The highest BCUT2D eigenvalue weighted by molar-refractivity contribution is 5.97. The molecule has 28 heavy (non-hydrogen) atoms. The first-order chi connectivity index (χ1) is 13.5. The number of hydrogen-bond donors (Lipinski definition) is 0. The van der Waals surface area contributed by atoms with Crippen LogP contribution in [-0.4, -0.2) is 39.6 Å². The van der Waals surface area contributed by atoms with E-state index in [4.69, 9.17) is 4.74 Å². The molecule has 0 fully saturated rings. The van der Waals surface area contributed by atoms with Crippen molar-refractivity contribution in [3.8, 4) is 17.3 Å². The van der Waals surface area contributed by atoms with E-state index in [1.165, 1.54) is 23.8 Å². The summed E-state index contributed by atoms with van der Waals surface area (Å²) in [5.41, 5.74) is 2.82. The molecule has 3 rings (SSSR count). The van der Waals surface area contributed by atoms with Gasteiger partial charge in [0.1, 0.15) is 17.2 Å². The maximum Gasteiger partial charge on any atom is 0.341 e. The van der Waals surface area contributed by atoms with Crippen LogP contribution in [0.25, 0.3) is 16.9 Å². The molecule has 2 heterocycles. The lowest BCUT2D eigenvalue weighted by atomic mass is 10.1. The van der Waals surface area contributed by atoms with Crippen molar-refractivity contribution >= 4 is 23.2 Å². The quantitative estimate of drug-likeness (QED) is 0.634. The highest BCUT2D eigenvalue weighted by Crippen LogP contribution is 2.28. The number of ether oxygens (including phenoxy) is 1. The summed E-state index contributed by atoms with van der Waals surface area (Å²) in [7, 11) is 0. The molecular formula is C20H19N5O3. The molecule has 0 unspecified atom stereocenters. The number of hydrogen-bond acceptors (Lipinski definition) is 6. The fourth-order valence-corrected chi connectivity index (χ4v) is 3.03. The van der Waals surface area contributed by atoms with E-state index in [9.17, 15) is 14.9 Å². The Bertz CT molecular complexity index is 1080. The van der Waals surface area contributed by atoms with Crippen molar-refractivity contribution in [2.24, 2.45) is 0 Å². The second-order valence-electron chi connectivity index (χ2n) is 5.96. The van der Waals surface area contributed by atoms with Gasteiger partial charge in [0.25, 0.3) is 0 Å². The summed E-state index contributed by atoms with van der Waals surface area (Å²) >= 11 is 0. The van der Waals surface area contributed by atoms with Crippen LogP contribution in [0, 0.1) is 11.3 Å². The molecule has 8 heteroatoms. The largest absolute Gasteiger partial charge is 0.462 e. The van der Waals surface area contributed by atoms with Gasteiger partial charge < -0.3 is 9.64 Å². The maximum absolute atomic E-state index is 12.4. The van der Waals surface area contributed by atoms with Gasteiger partial charge in [0.2, 0.25) is 5.91 Å². The molecule has 0 aliphatic rings. The van der Waals surface area contributed by atoms with Crippen LogP contribution in [0.2, 0.25) is 0 Å². The number of amides is 1. The third-order valence-corrected chi connectivity index (χ3v) is 4.29. The third kappa shape index (κ3) is 3.30. The van der Waals surface area contributed by atoms with Crippen molar-refractivity contribution < 1.29 is 14.3 Å². The topological polar surface area (TPSA) is 101 Å². The lowest BCUT2D eigenvalue weighted by Crippen LogP contribution is -2.27. The van der Waals surface area contributed by atoms with Crippen LogP contribution < -0.4 is 4.90 Å². The Labute approximate surface area is 162 Å². The van der Waals surface area contributed by atoms with Gasteiger partial charge in [-0.2, -0.15) is 10.4 Å². The summed E-state index contributed by atoms with van der Waals surface area (Å²) in [4.78, 5) is 30.1. The second kappa shape index (κ2) is 7.88. The molecule has 0 radical (unpaired) electrons. The fourth-order valence-electron chi connectivity index (χ4n) is 3.03. The molecule has 3 aromatic rings. The molecule has 0 saturated heterocycles. The number of rotatable bonds is 5. The van der Waals surface area contributed by atoms with Gasteiger partial charge in [0.15, 0.2) is 5.65 Å². The Morgan fingerprint density at radius 1 is 1.21 bits per heavy atom. The zero-order chi connectivity index (χ0) is 20.3. The van der Waals surface area contributed by atoms with Crippen molar-refractivity contribution in [1.29, 1.82) is 5.26 Å². The standard InChI is InChI=1S/C20H19N5O3/c1-4-24(13(3)26)16-8-6-14(7-9-16)18-17(20(27)28-5-2)12-22-19-15(10-21)11-23-25(18)19/h6-9,11-12H,4-5H2,1-3H3. The van der Waals surface area contributed by atoms with E-state index < -0.39 is 5.97 Å². The molecule has 0 atom stereocenters. The van der Waals surface area contributed by atoms with Crippen molar-refractivity contribution in [3.05, 3.63) is 47.8 Å². The van der Waals surface area contributed by atoms with E-state index >= 15 is 0 Å². The first-order valence-corrected chi connectivity index (χ1v) is 8.84. The van der Waals surface area contributed by atoms with E-state index in [-0.39, 0.29) is 18.1 Å². The second-order valence-corrected chi connectivity index (χ2v) is 5.96. The fraction of sp³-hybridized carbons (Fsp3) is 0.250. The van der Waals surface area contributed by atoms with E-state index in [2.05, 4.69) is 10.1 Å². The highest BCUT2D eigenvalue weighted by atomic mass is 16.5. The summed E-state index contributed by atoms with van der Waals surface area (Å²) in [6.45, 7) is 5.90. The smallest absolute Gasteiger partial charge is 0.341 e. The molecule has 0 saturated carbocycles. The first kappa shape index (κ1) is 19.0. The van der Waals surface area contributed by atoms with E-state index in [0.717, 1.165) is 5.69 Å². The van der Waals surface area contributed by atoms with Crippen LogP contribution in [0.5, 0.6) is 0 Å². The van der Waals surface area contributed by atoms with Crippen LogP contribution in [0.1, 0.15) is 36.7 Å². The lowest BCUT2D eigenvalue weighted by molar-refractivity contribution is -0.116. The van der Waals surface area contributed by atoms with E-state index in [1.807, 2.05) is 13.0 Å². The summed E-state index contributed by atoms with van der Waals surface area (Å²) in [6.07, 6.45) is 2.80. The average molecular weight is 377 g/mol. The minimum atomic E-state index is -0.524. The number of anilines is 1. The van der Waals surface area contributed by atoms with Gasteiger partial charge in [-0.1, -0.05) is 12.1 Å². The molecule has 2 aromatic heterocycles. The van der Waals surface area contributed by atoms with Gasteiger partial charge >= 0.3 is 5.97 Å². The van der Waals surface area contributed by atoms with Gasteiger partial charge in [-0.05, 0) is 26.0 Å². The number of aromatic nitrogens is 3. The molecule has 0 aliphatic heterocycles. The number of benzene rings is 1. The van der Waals surface area contributed by atoms with Crippen LogP contribution in [0.3, 0.4) is 0 Å². The third-order valence-electron chi connectivity index (χ3n) is 4.29. The zero-order valence-electron chi connectivity index (χ0n) is 15.8. The Kier molecular flexibility index (Phi) is 5.36. The Hall–Kier alpha value is -3.73. The molecule has 142 valence electrons. The summed E-state index contributed by atoms with van der Waals surface area (Å²) in [5.74, 6) is -0.580. The molecule has 0 bridgehead atoms. The predicted molar refractivity (Wildman–Crippen MR) is 103 cm³/mol. The van der Waals surface area contributed by atoms with Crippen LogP contribution in [0.4, 0.5) is 5.69 Å². The Morgan fingerprint density at radius 3 is 2.50 bits per heavy atom. The van der Waals surface area contributed by atoms with Crippen molar-refractivity contribution in [2.75, 3.05) is 18.1 Å². The van der Waals surface area contributed by atoms with Crippen LogP contribution in [-0.2, 0) is 9.53 Å². The highest BCUT2D eigenvalue weighted by Gasteiger charge is 2.21. The number of carbonyl (C=O) groups excluding carboxylic acids is 2. The zero-order valence-corrected chi connectivity index (χ0v) is 15.8. The first-order valence-electron chi connectivity index (χ1n) is 8.84.